The van der Waals surface area contributed by atoms with E-state index in [1.54, 1.807) is 0 Å². The molecule has 24 heteroatoms. The summed E-state index contributed by atoms with van der Waals surface area (Å²) in [6.07, 6.45) is 8.82. The van der Waals surface area contributed by atoms with Crippen molar-refractivity contribution in [3.05, 3.63) is 0 Å². The molecule has 312 valence electrons. The van der Waals surface area contributed by atoms with Crippen LogP contribution in [0.5, 0.6) is 0 Å². The van der Waals surface area contributed by atoms with Crippen LogP contribution in [0, 0.1) is 0 Å². The van der Waals surface area contributed by atoms with Gasteiger partial charge in [0.1, 0.15) is 0 Å². The maximum Gasteiger partial charge on any atom is 1.00 e. The molecule has 0 saturated heterocycles. The first kappa shape index (κ1) is 70.7. The van der Waals surface area contributed by atoms with E-state index in [0.717, 1.165) is 38.5 Å². The van der Waals surface area contributed by atoms with Crippen molar-refractivity contribution in [3.63, 3.8) is 0 Å². The number of carboxylic acids is 6. The Hall–Kier alpha value is 2.06. The van der Waals surface area contributed by atoms with E-state index in [1.165, 1.54) is 0 Å². The van der Waals surface area contributed by atoms with Gasteiger partial charge in [0.2, 0.25) is 0 Å². The molecule has 0 aliphatic carbocycles. The van der Waals surface area contributed by atoms with Gasteiger partial charge >= 0.3 is 190 Å². The number of thiocarbonyl (C=S) groups is 3. The minimum atomic E-state index is -0.802. The molecule has 0 aliphatic heterocycles. The van der Waals surface area contributed by atoms with Crippen LogP contribution in [-0.4, -0.2) is 133 Å². The van der Waals surface area contributed by atoms with Crippen molar-refractivity contribution in [1.29, 1.82) is 0 Å². The fourth-order valence-corrected chi connectivity index (χ4v) is 5.45. The predicted molar refractivity (Wildman–Crippen MR) is 224 cm³/mol. The molecule has 57 heavy (non-hydrogen) atoms. The Labute approximate surface area is 497 Å². The molecule has 0 aromatic rings. The number of unbranched alkanes of at least 4 members (excludes halogenated alkanes) is 6. The summed E-state index contributed by atoms with van der Waals surface area (Å²) < 4.78 is 1.09. The van der Waals surface area contributed by atoms with Crippen molar-refractivity contribution >= 4 is 123 Å². The van der Waals surface area contributed by atoms with Gasteiger partial charge in [0, 0.05) is 77.8 Å². The third-order valence-electron chi connectivity index (χ3n) is 7.19. The van der Waals surface area contributed by atoms with E-state index in [1.807, 2.05) is 14.7 Å². The fourth-order valence-electron chi connectivity index (χ4n) is 4.36. The van der Waals surface area contributed by atoms with Gasteiger partial charge < -0.3 is 120 Å². The molecule has 0 rings (SSSR count). The maximum absolute atomic E-state index is 10.3. The number of hydrogen-bond acceptors (Lipinski definition) is 12. The Morgan fingerprint density at radius 3 is 0.526 bits per heavy atom. The Balaban J connectivity index is -0.000000167. The van der Waals surface area contributed by atoms with Gasteiger partial charge in [-0.2, -0.15) is 0 Å². The fraction of sp³-hybridized carbons (Fsp3) is 0.727. The van der Waals surface area contributed by atoms with Gasteiger partial charge in [-0.15, -0.1) is 0 Å². The van der Waals surface area contributed by atoms with Crippen molar-refractivity contribution in [2.45, 2.75) is 116 Å². The predicted octanol–water partition coefficient (Wildman–Crippen LogP) is -4.10. The molecule has 0 aromatic heterocycles. The molecule has 0 unspecified atom stereocenters. The van der Waals surface area contributed by atoms with Crippen LogP contribution in [0.4, 0.5) is 0 Å². The summed E-state index contributed by atoms with van der Waals surface area (Å²) in [6, 6.07) is 0. The van der Waals surface area contributed by atoms with Crippen LogP contribution in [0.1, 0.15) is 116 Å². The molecule has 0 amide bonds. The number of carboxylic acid groups (broad SMARTS) is 6. The van der Waals surface area contributed by atoms with E-state index >= 15 is 0 Å². The number of aliphatic carboxylic acids is 6. The van der Waals surface area contributed by atoms with Crippen molar-refractivity contribution in [2.24, 2.45) is 0 Å². The van der Waals surface area contributed by atoms with Crippen LogP contribution in [0.15, 0.2) is 0 Å². The van der Waals surface area contributed by atoms with E-state index in [0.29, 0.717) is 90.8 Å². The summed E-state index contributed by atoms with van der Waals surface area (Å²) in [5, 5.41) is 51.0. The van der Waals surface area contributed by atoms with Gasteiger partial charge in [0.15, 0.2) is 0 Å². The Bertz CT molecular complexity index is 979. The smallest absolute Gasteiger partial charge is 0.481 e. The average molecular weight is 994 g/mol. The monoisotopic (exact) mass is 993 g/mol. The van der Waals surface area contributed by atoms with Gasteiger partial charge in [-0.1, -0.05) is 13.0 Å². The molecular formula is C33H54K3N3O12S6. The second-order valence-corrected chi connectivity index (χ2v) is 15.0. The molecule has 0 radical (unpaired) electrons. The molecule has 0 fully saturated rings. The minimum absolute atomic E-state index is 0. The van der Waals surface area contributed by atoms with Crippen LogP contribution in [0.25, 0.3) is 0 Å². The first-order valence-corrected chi connectivity index (χ1v) is 19.9. The quantitative estimate of drug-likeness (QED) is 0.0174. The van der Waals surface area contributed by atoms with E-state index in [4.69, 9.17) is 105 Å². The summed E-state index contributed by atoms with van der Waals surface area (Å²) in [7, 11) is 0. The standard InChI is InChI=1S/3C11H19NO4S2.3K/c3*13-9(14)5-1-3-7-12(11(17)18)8-4-2-6-10(15)16;;;/h3*1-8H2,(H,13,14)(H,15,16)(H,17,18);;;/q;;;3*+1/p-3. The van der Waals surface area contributed by atoms with Crippen LogP contribution in [0.3, 0.4) is 0 Å². The van der Waals surface area contributed by atoms with Gasteiger partial charge in [-0.05, 0) is 77.0 Å². The normalized spacial score (nSPS) is 9.47. The summed E-state index contributed by atoms with van der Waals surface area (Å²) >= 11 is 29.6. The number of rotatable bonds is 30. The number of hydrogen-bond donors (Lipinski definition) is 6. The molecular weight excluding hydrogens is 940 g/mol. The molecule has 15 nitrogen and oxygen atoms in total. The summed E-state index contributed by atoms with van der Waals surface area (Å²) in [5.41, 5.74) is 0. The Morgan fingerprint density at radius 1 is 0.316 bits per heavy atom. The van der Waals surface area contributed by atoms with Crippen molar-refractivity contribution in [3.8, 4) is 0 Å². The number of carbonyl (C=O) groups is 6. The zero-order chi connectivity index (χ0) is 41.9. The van der Waals surface area contributed by atoms with Crippen LogP contribution < -0.4 is 154 Å². The van der Waals surface area contributed by atoms with Crippen LogP contribution in [0.2, 0.25) is 0 Å². The van der Waals surface area contributed by atoms with Crippen molar-refractivity contribution in [2.75, 3.05) is 39.3 Å². The van der Waals surface area contributed by atoms with E-state index in [-0.39, 0.29) is 193 Å². The Morgan fingerprint density at radius 2 is 0.439 bits per heavy atom. The minimum Gasteiger partial charge on any atom is -0.481 e. The molecule has 6 N–H and O–H groups in total. The Kier molecular flexibility index (Phi) is 60.9. The first-order chi connectivity index (χ1) is 25.3. The van der Waals surface area contributed by atoms with E-state index in [2.05, 4.69) is 0 Å². The summed E-state index contributed by atoms with van der Waals surface area (Å²) in [6.45, 7) is 3.85. The van der Waals surface area contributed by atoms with Gasteiger partial charge in [-0.25, -0.2) is 0 Å². The van der Waals surface area contributed by atoms with Crippen LogP contribution in [-0.2, 0) is 66.7 Å². The molecule has 0 bridgehead atoms. The molecule has 0 aliphatic rings. The summed E-state index contributed by atoms with van der Waals surface area (Å²) in [5.74, 6) is -4.81. The van der Waals surface area contributed by atoms with Crippen LogP contribution >= 0.6 is 36.7 Å². The SMILES string of the molecule is O=C(O)CCCCN(CCCCC(=O)O)C(=S)[S-].O=C(O)CCCCN(CCCCC(=O)O)C(=S)[S-].O=C(O)CCCCN(CCCCC(=O)O)C(=S)[S-].[K+].[K+].[K+]. The topological polar surface area (TPSA) is 234 Å². The van der Waals surface area contributed by atoms with Gasteiger partial charge in [0.05, 0.1) is 0 Å². The second kappa shape index (κ2) is 49.1. The van der Waals surface area contributed by atoms with Crippen molar-refractivity contribution in [1.82, 2.24) is 14.7 Å². The second-order valence-electron chi connectivity index (χ2n) is 11.9. The molecule has 0 saturated carbocycles. The molecule has 0 aromatic carbocycles. The van der Waals surface area contributed by atoms with Gasteiger partial charge in [-0.3, -0.25) is 28.8 Å². The third kappa shape index (κ3) is 58.1. The molecule has 0 heterocycles. The first-order valence-electron chi connectivity index (χ1n) is 17.5. The molecule has 0 spiro atoms. The van der Waals surface area contributed by atoms with E-state index in [9.17, 15) is 28.8 Å². The maximum atomic E-state index is 10.3. The molecule has 0 atom stereocenters. The largest absolute Gasteiger partial charge is 1.00 e. The third-order valence-corrected chi connectivity index (χ3v) is 8.74. The van der Waals surface area contributed by atoms with E-state index < -0.39 is 35.8 Å². The van der Waals surface area contributed by atoms with Crippen molar-refractivity contribution < 1.29 is 214 Å². The average Bonchev–Trinajstić information content (AvgIpc) is 3.05. The summed E-state index contributed by atoms with van der Waals surface area (Å²) in [4.78, 5) is 67.5. The zero-order valence-electron chi connectivity index (χ0n) is 33.4. The number of nitrogens with zero attached hydrogens (tertiary/aromatic N) is 3. The van der Waals surface area contributed by atoms with Gasteiger partial charge in [0.25, 0.3) is 0 Å². The zero-order valence-corrected chi connectivity index (χ0v) is 47.7.